The van der Waals surface area contributed by atoms with Crippen molar-refractivity contribution in [1.29, 1.82) is 0 Å². The number of amides is 1. The lowest BCUT2D eigenvalue weighted by atomic mass is 10.1. The lowest BCUT2D eigenvalue weighted by molar-refractivity contribution is -0.118. The van der Waals surface area contributed by atoms with Gasteiger partial charge in [0.15, 0.2) is 0 Å². The Labute approximate surface area is 125 Å². The summed E-state index contributed by atoms with van der Waals surface area (Å²) in [7, 11) is 0. The van der Waals surface area contributed by atoms with Crippen LogP contribution < -0.4 is 11.0 Å². The molecule has 2 aromatic carbocycles. The number of anilines is 1. The first-order valence-electron chi connectivity index (χ1n) is 6.87. The van der Waals surface area contributed by atoms with Crippen LogP contribution in [0.1, 0.15) is 18.1 Å². The molecule has 3 rings (SSSR count). The fourth-order valence-electron chi connectivity index (χ4n) is 2.29. The maximum Gasteiger partial charge on any atom is 0.323 e. The topological polar surface area (TPSA) is 98.0 Å². The highest BCUT2D eigenvalue weighted by atomic mass is 16.3. The molecule has 0 aliphatic heterocycles. The van der Waals surface area contributed by atoms with Gasteiger partial charge in [0.25, 0.3) is 0 Å². The van der Waals surface area contributed by atoms with Crippen LogP contribution in [-0.2, 0) is 4.79 Å². The van der Waals surface area contributed by atoms with Crippen LogP contribution in [0.25, 0.3) is 11.0 Å². The minimum atomic E-state index is -0.850. The van der Waals surface area contributed by atoms with E-state index in [9.17, 15) is 14.7 Å². The number of aromatic amines is 2. The number of rotatable bonds is 4. The second-order valence-electron chi connectivity index (χ2n) is 5.02. The quantitative estimate of drug-likeness (QED) is 0.592. The smallest absolute Gasteiger partial charge is 0.323 e. The molecular weight excluding hydrogens is 282 g/mol. The lowest BCUT2D eigenvalue weighted by Crippen LogP contribution is -2.15. The van der Waals surface area contributed by atoms with Gasteiger partial charge in [-0.1, -0.05) is 30.3 Å². The third-order valence-corrected chi connectivity index (χ3v) is 3.36. The molecule has 6 nitrogen and oxygen atoms in total. The first-order chi connectivity index (χ1) is 10.6. The molecule has 0 spiro atoms. The molecule has 0 fully saturated rings. The summed E-state index contributed by atoms with van der Waals surface area (Å²) in [6, 6.07) is 14.1. The fraction of sp³-hybridized carbons (Fsp3) is 0.125. The summed E-state index contributed by atoms with van der Waals surface area (Å²) in [4.78, 5) is 28.4. The van der Waals surface area contributed by atoms with E-state index >= 15 is 0 Å². The normalized spacial score (nSPS) is 12.2. The summed E-state index contributed by atoms with van der Waals surface area (Å²) in [5, 5.41) is 12.7. The second-order valence-corrected chi connectivity index (χ2v) is 5.02. The van der Waals surface area contributed by atoms with E-state index < -0.39 is 6.10 Å². The zero-order valence-electron chi connectivity index (χ0n) is 11.7. The van der Waals surface area contributed by atoms with E-state index in [1.165, 1.54) is 0 Å². The van der Waals surface area contributed by atoms with Crippen LogP contribution in [0.5, 0.6) is 0 Å². The second kappa shape index (κ2) is 5.87. The summed E-state index contributed by atoms with van der Waals surface area (Å²) in [6.07, 6.45) is -0.886. The zero-order valence-corrected chi connectivity index (χ0v) is 11.7. The Morgan fingerprint density at radius 1 is 1.09 bits per heavy atom. The highest BCUT2D eigenvalue weighted by Gasteiger charge is 2.13. The number of H-pyrrole nitrogens is 2. The number of imidazole rings is 1. The van der Waals surface area contributed by atoms with E-state index in [0.717, 1.165) is 0 Å². The number of carbonyl (C=O) groups excluding carboxylic acids is 1. The Bertz CT molecular complexity index is 852. The highest BCUT2D eigenvalue weighted by molar-refractivity contribution is 5.93. The highest BCUT2D eigenvalue weighted by Crippen LogP contribution is 2.18. The van der Waals surface area contributed by atoms with Crippen molar-refractivity contribution >= 4 is 22.6 Å². The van der Waals surface area contributed by atoms with Crippen molar-refractivity contribution in [3.8, 4) is 0 Å². The third kappa shape index (κ3) is 3.07. The van der Waals surface area contributed by atoms with Gasteiger partial charge in [-0.15, -0.1) is 0 Å². The minimum Gasteiger partial charge on any atom is -0.388 e. The lowest BCUT2D eigenvalue weighted by Gasteiger charge is -2.11. The van der Waals surface area contributed by atoms with Crippen molar-refractivity contribution in [3.05, 3.63) is 64.6 Å². The number of hydrogen-bond donors (Lipinski definition) is 4. The molecule has 6 heteroatoms. The molecule has 0 saturated heterocycles. The molecule has 1 unspecified atom stereocenters. The predicted molar refractivity (Wildman–Crippen MR) is 83.6 cm³/mol. The predicted octanol–water partition coefficient (Wildman–Crippen LogP) is 1.92. The number of nitrogens with one attached hydrogen (secondary N) is 3. The van der Waals surface area contributed by atoms with Gasteiger partial charge in [0.05, 0.1) is 23.6 Å². The molecule has 0 bridgehead atoms. The van der Waals surface area contributed by atoms with Gasteiger partial charge >= 0.3 is 5.69 Å². The number of fused-ring (bicyclic) bond motifs is 1. The van der Waals surface area contributed by atoms with Crippen molar-refractivity contribution in [2.75, 3.05) is 5.32 Å². The Kier molecular flexibility index (Phi) is 3.76. The molecular formula is C16H15N3O3. The number of aliphatic hydroxyl groups is 1. The number of carbonyl (C=O) groups is 1. The maximum absolute atomic E-state index is 12.0. The molecule has 4 N–H and O–H groups in total. The van der Waals surface area contributed by atoms with E-state index in [1.807, 2.05) is 18.2 Å². The standard InChI is InChI=1S/C16H15N3O3/c20-14(10-4-2-1-3-5-10)9-15(21)17-11-6-7-12-13(8-11)19-16(22)18-12/h1-8,14,20H,9H2,(H,17,21)(H2,18,19,22). The molecule has 1 amide bonds. The zero-order chi connectivity index (χ0) is 15.5. The van der Waals surface area contributed by atoms with Gasteiger partial charge in [0.1, 0.15) is 0 Å². The van der Waals surface area contributed by atoms with Crippen LogP contribution in [0, 0.1) is 0 Å². The number of benzene rings is 2. The monoisotopic (exact) mass is 297 g/mol. The van der Waals surface area contributed by atoms with E-state index in [2.05, 4.69) is 15.3 Å². The Hall–Kier alpha value is -2.86. The Morgan fingerprint density at radius 3 is 2.59 bits per heavy atom. The average Bonchev–Trinajstić information content (AvgIpc) is 2.87. The van der Waals surface area contributed by atoms with E-state index in [4.69, 9.17) is 0 Å². The van der Waals surface area contributed by atoms with Gasteiger partial charge in [-0.3, -0.25) is 4.79 Å². The SMILES string of the molecule is O=C(CC(O)c1ccccc1)Nc1ccc2[nH]c(=O)[nH]c2c1. The van der Waals surface area contributed by atoms with E-state index in [1.54, 1.807) is 30.3 Å². The molecule has 0 saturated carbocycles. The van der Waals surface area contributed by atoms with Crippen molar-refractivity contribution in [3.63, 3.8) is 0 Å². The number of aromatic nitrogens is 2. The van der Waals surface area contributed by atoms with Crippen LogP contribution in [0.15, 0.2) is 53.3 Å². The molecule has 1 heterocycles. The molecule has 0 radical (unpaired) electrons. The number of aliphatic hydroxyl groups excluding tert-OH is 1. The summed E-state index contributed by atoms with van der Waals surface area (Å²) >= 11 is 0. The van der Waals surface area contributed by atoms with Gasteiger partial charge in [-0.2, -0.15) is 0 Å². The molecule has 3 aromatic rings. The molecule has 0 aliphatic carbocycles. The van der Waals surface area contributed by atoms with Crippen molar-refractivity contribution < 1.29 is 9.90 Å². The molecule has 112 valence electrons. The van der Waals surface area contributed by atoms with Gasteiger partial charge in [0, 0.05) is 5.69 Å². The van der Waals surface area contributed by atoms with Crippen LogP contribution in [-0.4, -0.2) is 21.0 Å². The first kappa shape index (κ1) is 14.1. The molecule has 0 aliphatic rings. The number of hydrogen-bond acceptors (Lipinski definition) is 3. The van der Waals surface area contributed by atoms with Gasteiger partial charge in [0.2, 0.25) is 5.91 Å². The average molecular weight is 297 g/mol. The largest absolute Gasteiger partial charge is 0.388 e. The third-order valence-electron chi connectivity index (χ3n) is 3.36. The molecule has 1 aromatic heterocycles. The summed E-state index contributed by atoms with van der Waals surface area (Å²) in [5.74, 6) is -0.298. The van der Waals surface area contributed by atoms with Crippen LogP contribution in [0.2, 0.25) is 0 Å². The van der Waals surface area contributed by atoms with Gasteiger partial charge < -0.3 is 20.4 Å². The fourth-order valence-corrected chi connectivity index (χ4v) is 2.29. The van der Waals surface area contributed by atoms with Gasteiger partial charge in [-0.25, -0.2) is 4.79 Å². The van der Waals surface area contributed by atoms with Crippen molar-refractivity contribution in [2.45, 2.75) is 12.5 Å². The summed E-state index contributed by atoms with van der Waals surface area (Å²) in [6.45, 7) is 0. The van der Waals surface area contributed by atoms with Gasteiger partial charge in [-0.05, 0) is 23.8 Å². The van der Waals surface area contributed by atoms with Crippen molar-refractivity contribution in [2.24, 2.45) is 0 Å². The van der Waals surface area contributed by atoms with E-state index in [-0.39, 0.29) is 18.0 Å². The van der Waals surface area contributed by atoms with Crippen molar-refractivity contribution in [1.82, 2.24) is 9.97 Å². The Morgan fingerprint density at radius 2 is 1.82 bits per heavy atom. The minimum absolute atomic E-state index is 0.0360. The van der Waals surface area contributed by atoms with Crippen LogP contribution in [0.4, 0.5) is 5.69 Å². The first-order valence-corrected chi connectivity index (χ1v) is 6.87. The van der Waals surface area contributed by atoms with Crippen LogP contribution >= 0.6 is 0 Å². The summed E-state index contributed by atoms with van der Waals surface area (Å²) in [5.41, 5.74) is 2.26. The van der Waals surface area contributed by atoms with Crippen LogP contribution in [0.3, 0.4) is 0 Å². The maximum atomic E-state index is 12.0. The Balaban J connectivity index is 1.69. The molecule has 1 atom stereocenters. The van der Waals surface area contributed by atoms with E-state index in [0.29, 0.717) is 22.3 Å². The molecule has 22 heavy (non-hydrogen) atoms. The summed E-state index contributed by atoms with van der Waals surface area (Å²) < 4.78 is 0.